The number of ketones is 1. The zero-order valence-electron chi connectivity index (χ0n) is 17.0. The first kappa shape index (κ1) is 19.2. The number of carbonyl (C=O) groups is 2. The maximum Gasteiger partial charge on any atom is 0.303 e. The second-order valence-electron chi connectivity index (χ2n) is 10.1. The molecule has 0 radical (unpaired) electrons. The number of esters is 1. The lowest BCUT2D eigenvalue weighted by atomic mass is 9.47. The van der Waals surface area contributed by atoms with Crippen molar-refractivity contribution in [2.45, 2.75) is 78.2 Å². The molecule has 4 heteroatoms. The molecule has 0 bridgehead atoms. The molecule has 0 aromatic heterocycles. The van der Waals surface area contributed by atoms with Gasteiger partial charge in [-0.25, -0.2) is 0 Å². The quantitative estimate of drug-likeness (QED) is 0.598. The Bertz CT molecular complexity index is 667. The van der Waals surface area contributed by atoms with Crippen molar-refractivity contribution in [2.75, 3.05) is 6.61 Å². The molecule has 4 rings (SSSR count). The summed E-state index contributed by atoms with van der Waals surface area (Å²) in [5.41, 5.74) is 1.78. The molecule has 150 valence electrons. The first-order valence-corrected chi connectivity index (χ1v) is 10.8. The molecule has 4 aliphatic rings. The Morgan fingerprint density at radius 1 is 1.15 bits per heavy atom. The Hall–Kier alpha value is -1.16. The van der Waals surface area contributed by atoms with E-state index in [1.807, 2.05) is 0 Å². The van der Waals surface area contributed by atoms with Crippen LogP contribution in [0.4, 0.5) is 0 Å². The molecule has 0 aromatic carbocycles. The van der Waals surface area contributed by atoms with Crippen LogP contribution in [0.15, 0.2) is 11.6 Å². The van der Waals surface area contributed by atoms with Crippen LogP contribution < -0.4 is 0 Å². The van der Waals surface area contributed by atoms with Crippen molar-refractivity contribution in [3.8, 4) is 0 Å². The van der Waals surface area contributed by atoms with E-state index < -0.39 is 0 Å². The zero-order chi connectivity index (χ0) is 19.4. The number of fused-ring (bicyclic) bond motifs is 5. The number of aliphatic hydroxyl groups is 1. The van der Waals surface area contributed by atoms with E-state index in [0.717, 1.165) is 44.9 Å². The molecular weight excluding hydrogens is 340 g/mol. The van der Waals surface area contributed by atoms with E-state index in [2.05, 4.69) is 19.9 Å². The lowest BCUT2D eigenvalue weighted by Gasteiger charge is -2.57. The van der Waals surface area contributed by atoms with Gasteiger partial charge < -0.3 is 9.84 Å². The highest BCUT2D eigenvalue weighted by molar-refractivity contribution is 5.85. The molecule has 0 aromatic rings. The van der Waals surface area contributed by atoms with Gasteiger partial charge in [-0.2, -0.15) is 0 Å². The monoisotopic (exact) mass is 374 g/mol. The molecule has 0 heterocycles. The molecule has 4 nitrogen and oxygen atoms in total. The Kier molecular flexibility index (Phi) is 4.77. The minimum absolute atomic E-state index is 0.0363. The number of aliphatic hydroxyl groups excluding tert-OH is 1. The average molecular weight is 375 g/mol. The minimum Gasteiger partial charge on any atom is -0.458 e. The highest BCUT2D eigenvalue weighted by Crippen LogP contribution is 2.66. The summed E-state index contributed by atoms with van der Waals surface area (Å²) in [4.78, 5) is 23.9. The van der Waals surface area contributed by atoms with Crippen LogP contribution >= 0.6 is 0 Å². The number of hydrogen-bond acceptors (Lipinski definition) is 4. The summed E-state index contributed by atoms with van der Waals surface area (Å²) in [6.07, 6.45) is 10.6. The normalized spacial score (nSPS) is 45.9. The fraction of sp³-hybridized carbons (Fsp3) is 0.826. The lowest BCUT2D eigenvalue weighted by molar-refractivity contribution is -0.149. The van der Waals surface area contributed by atoms with Gasteiger partial charge in [0.15, 0.2) is 5.78 Å². The fourth-order valence-corrected chi connectivity index (χ4v) is 7.44. The Labute approximate surface area is 162 Å². The largest absolute Gasteiger partial charge is 0.458 e. The SMILES string of the molecule is CC(=O)OCC(=O)C1CCC2C3CC=C4CC(O)CC[C@]4(C)C3CC[C@]12C. The molecular formula is C23H34O4. The third-order valence-electron chi connectivity index (χ3n) is 8.88. The second-order valence-corrected chi connectivity index (χ2v) is 10.1. The van der Waals surface area contributed by atoms with E-state index in [4.69, 9.17) is 4.74 Å². The number of ether oxygens (including phenoxy) is 1. The van der Waals surface area contributed by atoms with Gasteiger partial charge >= 0.3 is 5.97 Å². The molecule has 3 saturated carbocycles. The third kappa shape index (κ3) is 2.99. The summed E-state index contributed by atoms with van der Waals surface area (Å²) in [7, 11) is 0. The van der Waals surface area contributed by atoms with Crippen LogP contribution in [0, 0.1) is 34.5 Å². The highest BCUT2D eigenvalue weighted by Gasteiger charge is 2.59. The summed E-state index contributed by atoms with van der Waals surface area (Å²) >= 11 is 0. The fourth-order valence-electron chi connectivity index (χ4n) is 7.44. The van der Waals surface area contributed by atoms with Crippen molar-refractivity contribution in [3.63, 3.8) is 0 Å². The van der Waals surface area contributed by atoms with Crippen LogP contribution in [0.3, 0.4) is 0 Å². The molecule has 3 fully saturated rings. The number of allylic oxidation sites excluding steroid dienone is 1. The molecule has 27 heavy (non-hydrogen) atoms. The van der Waals surface area contributed by atoms with Crippen molar-refractivity contribution >= 4 is 11.8 Å². The van der Waals surface area contributed by atoms with Crippen molar-refractivity contribution < 1.29 is 19.4 Å². The van der Waals surface area contributed by atoms with Gasteiger partial charge in [0, 0.05) is 12.8 Å². The van der Waals surface area contributed by atoms with Crippen LogP contribution in [0.2, 0.25) is 0 Å². The Balaban J connectivity index is 1.55. The van der Waals surface area contributed by atoms with E-state index in [1.165, 1.54) is 18.9 Å². The van der Waals surface area contributed by atoms with Crippen LogP contribution in [0.1, 0.15) is 72.1 Å². The molecule has 0 amide bonds. The van der Waals surface area contributed by atoms with Gasteiger partial charge in [0.2, 0.25) is 0 Å². The number of carbonyl (C=O) groups excluding carboxylic acids is 2. The van der Waals surface area contributed by atoms with E-state index in [-0.39, 0.29) is 41.2 Å². The second kappa shape index (κ2) is 6.72. The predicted molar refractivity (Wildman–Crippen MR) is 103 cm³/mol. The Morgan fingerprint density at radius 2 is 1.93 bits per heavy atom. The van der Waals surface area contributed by atoms with Crippen LogP contribution in [-0.2, 0) is 14.3 Å². The van der Waals surface area contributed by atoms with Gasteiger partial charge in [-0.05, 0) is 80.0 Å². The third-order valence-corrected chi connectivity index (χ3v) is 8.88. The first-order chi connectivity index (χ1) is 12.8. The van der Waals surface area contributed by atoms with Crippen molar-refractivity contribution in [1.29, 1.82) is 0 Å². The van der Waals surface area contributed by atoms with Crippen molar-refractivity contribution in [2.24, 2.45) is 34.5 Å². The molecule has 1 N–H and O–H groups in total. The summed E-state index contributed by atoms with van der Waals surface area (Å²) < 4.78 is 5.02. The summed E-state index contributed by atoms with van der Waals surface area (Å²) in [5, 5.41) is 10.1. The standard InChI is InChI=1S/C23H34O4/c1-14(24)27-13-21(26)20-7-6-18-17-5-4-15-12-16(25)8-10-22(15,2)19(17)9-11-23(18,20)3/h4,16-20,25H,5-13H2,1-3H3/t16?,17?,18?,19?,20?,22-,23-/m0/s1. The smallest absolute Gasteiger partial charge is 0.303 e. The molecule has 5 unspecified atom stereocenters. The van der Waals surface area contributed by atoms with Gasteiger partial charge in [-0.3, -0.25) is 9.59 Å². The first-order valence-electron chi connectivity index (χ1n) is 10.8. The summed E-state index contributed by atoms with van der Waals surface area (Å²) in [5.74, 6) is 1.71. The van der Waals surface area contributed by atoms with Gasteiger partial charge in [-0.1, -0.05) is 25.5 Å². The van der Waals surface area contributed by atoms with Crippen LogP contribution in [0.25, 0.3) is 0 Å². The van der Waals surface area contributed by atoms with E-state index in [1.54, 1.807) is 0 Å². The average Bonchev–Trinajstić information content (AvgIpc) is 2.97. The number of rotatable bonds is 3. The summed E-state index contributed by atoms with van der Waals surface area (Å²) in [6, 6.07) is 0. The van der Waals surface area contributed by atoms with Gasteiger partial charge in [0.25, 0.3) is 0 Å². The molecule has 0 aliphatic heterocycles. The van der Waals surface area contributed by atoms with Crippen molar-refractivity contribution in [3.05, 3.63) is 11.6 Å². The maximum absolute atomic E-state index is 12.8. The maximum atomic E-state index is 12.8. The van der Waals surface area contributed by atoms with E-state index in [0.29, 0.717) is 17.8 Å². The van der Waals surface area contributed by atoms with Gasteiger partial charge in [-0.15, -0.1) is 0 Å². The zero-order valence-corrected chi connectivity index (χ0v) is 17.0. The molecule has 0 spiro atoms. The van der Waals surface area contributed by atoms with Crippen LogP contribution in [-0.4, -0.2) is 29.6 Å². The number of Topliss-reactive ketones (excluding diaryl/α,β-unsaturated/α-hetero) is 1. The predicted octanol–water partition coefficient (Wildman–Crippen LogP) is 4.06. The van der Waals surface area contributed by atoms with Gasteiger partial charge in [0.05, 0.1) is 6.10 Å². The Morgan fingerprint density at radius 3 is 2.67 bits per heavy atom. The number of hydrogen-bond donors (Lipinski definition) is 1. The minimum atomic E-state index is -0.371. The lowest BCUT2D eigenvalue weighted by Crippen LogP contribution is -2.51. The highest BCUT2D eigenvalue weighted by atomic mass is 16.5. The van der Waals surface area contributed by atoms with E-state index >= 15 is 0 Å². The van der Waals surface area contributed by atoms with Gasteiger partial charge in [0.1, 0.15) is 6.61 Å². The molecule has 7 atom stereocenters. The molecule has 0 saturated heterocycles. The van der Waals surface area contributed by atoms with Crippen LogP contribution in [0.5, 0.6) is 0 Å². The topological polar surface area (TPSA) is 63.6 Å². The van der Waals surface area contributed by atoms with Crippen molar-refractivity contribution in [1.82, 2.24) is 0 Å². The summed E-state index contributed by atoms with van der Waals surface area (Å²) in [6.45, 7) is 6.06. The van der Waals surface area contributed by atoms with E-state index in [9.17, 15) is 14.7 Å². The molecule has 4 aliphatic carbocycles.